The molecule has 1 heterocycles. The van der Waals surface area contributed by atoms with E-state index in [-0.39, 0.29) is 23.7 Å². The summed E-state index contributed by atoms with van der Waals surface area (Å²) in [6.45, 7) is 4.53. The van der Waals surface area contributed by atoms with Gasteiger partial charge in [-0.1, -0.05) is 12.2 Å². The van der Waals surface area contributed by atoms with Crippen molar-refractivity contribution in [2.75, 3.05) is 6.61 Å². The van der Waals surface area contributed by atoms with Gasteiger partial charge in [0.1, 0.15) is 0 Å². The maximum absolute atomic E-state index is 11.9. The van der Waals surface area contributed by atoms with E-state index < -0.39 is 11.9 Å². The Hall–Kier alpha value is -1.56. The van der Waals surface area contributed by atoms with Crippen LogP contribution in [0.4, 0.5) is 4.79 Å². The van der Waals surface area contributed by atoms with Crippen LogP contribution in [0.2, 0.25) is 0 Å². The first-order chi connectivity index (χ1) is 8.90. The zero-order valence-electron chi connectivity index (χ0n) is 11.2. The Labute approximate surface area is 112 Å². The van der Waals surface area contributed by atoms with Gasteiger partial charge in [-0.25, -0.2) is 4.79 Å². The molecule has 4 unspecified atom stereocenters. The van der Waals surface area contributed by atoms with E-state index in [9.17, 15) is 9.59 Å². The van der Waals surface area contributed by atoms with E-state index in [1.54, 1.807) is 12.2 Å². The number of carbonyl (C=O) groups excluding carboxylic acids is 1. The number of urea groups is 1. The minimum atomic E-state index is -0.856. The van der Waals surface area contributed by atoms with Gasteiger partial charge in [-0.15, -0.1) is 0 Å². The van der Waals surface area contributed by atoms with Crippen LogP contribution in [0.3, 0.4) is 0 Å². The van der Waals surface area contributed by atoms with Crippen molar-refractivity contribution < 1.29 is 19.4 Å². The van der Waals surface area contributed by atoms with Crippen LogP contribution in [0, 0.1) is 5.92 Å². The Morgan fingerprint density at radius 2 is 2.16 bits per heavy atom. The van der Waals surface area contributed by atoms with E-state index in [1.807, 2.05) is 13.8 Å². The van der Waals surface area contributed by atoms with Crippen LogP contribution < -0.4 is 10.6 Å². The van der Waals surface area contributed by atoms with Crippen molar-refractivity contribution in [1.82, 2.24) is 10.6 Å². The number of carboxylic acids is 1. The second-order valence-electron chi connectivity index (χ2n) is 5.45. The Balaban J connectivity index is 1.83. The molecule has 0 saturated carbocycles. The Bertz CT molecular complexity index is 409. The average molecular weight is 268 g/mol. The molecule has 6 nitrogen and oxygen atoms in total. The highest BCUT2D eigenvalue weighted by Crippen LogP contribution is 2.25. The summed E-state index contributed by atoms with van der Waals surface area (Å²) in [6.07, 6.45) is 4.51. The number of aliphatic carboxylic acids is 1. The predicted molar refractivity (Wildman–Crippen MR) is 68.8 cm³/mol. The molecule has 1 fully saturated rings. The molecule has 2 rings (SSSR count). The molecule has 0 aromatic heterocycles. The molecule has 2 amide bonds. The lowest BCUT2D eigenvalue weighted by atomic mass is 9.95. The van der Waals surface area contributed by atoms with Gasteiger partial charge in [-0.05, 0) is 26.7 Å². The third kappa shape index (κ3) is 3.07. The van der Waals surface area contributed by atoms with Crippen LogP contribution in [-0.2, 0) is 9.53 Å². The second kappa shape index (κ2) is 5.21. The first-order valence-electron chi connectivity index (χ1n) is 6.52. The van der Waals surface area contributed by atoms with E-state index in [4.69, 9.17) is 9.84 Å². The Kier molecular flexibility index (Phi) is 3.80. The predicted octanol–water partition coefficient (Wildman–Crippen LogP) is 0.882. The number of nitrogens with one attached hydrogen (secondary N) is 2. The molecule has 0 radical (unpaired) electrons. The zero-order chi connectivity index (χ0) is 14.0. The van der Waals surface area contributed by atoms with E-state index in [0.717, 1.165) is 6.42 Å². The SMILES string of the molecule is CC1OCCC1(C)NC(=O)NC1C=CC(C(=O)O)C1. The number of hydrogen-bond donors (Lipinski definition) is 3. The van der Waals surface area contributed by atoms with Crippen molar-refractivity contribution in [3.05, 3.63) is 12.2 Å². The quantitative estimate of drug-likeness (QED) is 0.663. The van der Waals surface area contributed by atoms with Crippen molar-refractivity contribution >= 4 is 12.0 Å². The smallest absolute Gasteiger partial charge is 0.315 e. The normalized spacial score (nSPS) is 37.3. The minimum Gasteiger partial charge on any atom is -0.481 e. The number of ether oxygens (including phenoxy) is 1. The summed E-state index contributed by atoms with van der Waals surface area (Å²) in [6, 6.07) is -0.497. The van der Waals surface area contributed by atoms with Crippen molar-refractivity contribution in [2.24, 2.45) is 5.92 Å². The molecule has 1 aliphatic heterocycles. The van der Waals surface area contributed by atoms with Gasteiger partial charge in [0, 0.05) is 6.61 Å². The molecule has 106 valence electrons. The molecule has 4 atom stereocenters. The highest BCUT2D eigenvalue weighted by atomic mass is 16.5. The second-order valence-corrected chi connectivity index (χ2v) is 5.45. The molecular formula is C13H20N2O4. The molecule has 3 N–H and O–H groups in total. The summed E-state index contributed by atoms with van der Waals surface area (Å²) in [4.78, 5) is 22.7. The van der Waals surface area contributed by atoms with Crippen LogP contribution in [0.25, 0.3) is 0 Å². The number of amides is 2. The summed E-state index contributed by atoms with van der Waals surface area (Å²) >= 11 is 0. The summed E-state index contributed by atoms with van der Waals surface area (Å²) in [5.41, 5.74) is -0.362. The fraction of sp³-hybridized carbons (Fsp3) is 0.692. The largest absolute Gasteiger partial charge is 0.481 e. The molecule has 0 bridgehead atoms. The summed E-state index contributed by atoms with van der Waals surface area (Å²) in [5, 5.41) is 14.6. The molecule has 0 aromatic carbocycles. The van der Waals surface area contributed by atoms with Gasteiger partial charge in [-0.3, -0.25) is 4.79 Å². The van der Waals surface area contributed by atoms with Crippen LogP contribution in [-0.4, -0.2) is 41.4 Å². The molecule has 6 heteroatoms. The summed E-state index contributed by atoms with van der Waals surface area (Å²) < 4.78 is 5.45. The molecule has 2 aliphatic rings. The fourth-order valence-corrected chi connectivity index (χ4v) is 2.45. The fourth-order valence-electron chi connectivity index (χ4n) is 2.45. The van der Waals surface area contributed by atoms with Crippen molar-refractivity contribution in [3.63, 3.8) is 0 Å². The lowest BCUT2D eigenvalue weighted by Gasteiger charge is -2.29. The number of carboxylic acid groups (broad SMARTS) is 1. The standard InChI is InChI=1S/C13H20N2O4/c1-8-13(2,5-6-19-8)15-12(18)14-10-4-3-9(7-10)11(16)17/h3-4,8-10H,5-7H2,1-2H3,(H,16,17)(H2,14,15,18). The lowest BCUT2D eigenvalue weighted by molar-refractivity contribution is -0.140. The van der Waals surface area contributed by atoms with Gasteiger partial charge < -0.3 is 20.5 Å². The first kappa shape index (κ1) is 13.9. The monoisotopic (exact) mass is 268 g/mol. The van der Waals surface area contributed by atoms with Gasteiger partial charge in [0.05, 0.1) is 23.6 Å². The van der Waals surface area contributed by atoms with E-state index >= 15 is 0 Å². The van der Waals surface area contributed by atoms with Crippen LogP contribution in [0.5, 0.6) is 0 Å². The maximum Gasteiger partial charge on any atom is 0.315 e. The number of hydrogen-bond acceptors (Lipinski definition) is 3. The number of carbonyl (C=O) groups is 2. The topological polar surface area (TPSA) is 87.7 Å². The third-order valence-corrected chi connectivity index (χ3v) is 4.00. The van der Waals surface area contributed by atoms with Gasteiger partial charge in [0.2, 0.25) is 0 Å². The molecule has 0 spiro atoms. The van der Waals surface area contributed by atoms with Crippen molar-refractivity contribution in [1.29, 1.82) is 0 Å². The average Bonchev–Trinajstić information content (AvgIpc) is 2.88. The van der Waals surface area contributed by atoms with E-state index in [1.165, 1.54) is 0 Å². The summed E-state index contributed by atoms with van der Waals surface area (Å²) in [7, 11) is 0. The molecule has 0 aromatic rings. The van der Waals surface area contributed by atoms with Crippen LogP contribution >= 0.6 is 0 Å². The lowest BCUT2D eigenvalue weighted by Crippen LogP contribution is -2.55. The van der Waals surface area contributed by atoms with E-state index in [2.05, 4.69) is 10.6 Å². The Morgan fingerprint density at radius 1 is 1.42 bits per heavy atom. The Morgan fingerprint density at radius 3 is 2.68 bits per heavy atom. The maximum atomic E-state index is 11.9. The van der Waals surface area contributed by atoms with Crippen molar-refractivity contribution in [2.45, 2.75) is 44.4 Å². The summed E-state index contributed by atoms with van der Waals surface area (Å²) in [5.74, 6) is -1.36. The number of rotatable bonds is 3. The highest BCUT2D eigenvalue weighted by molar-refractivity contribution is 5.77. The molecular weight excluding hydrogens is 248 g/mol. The van der Waals surface area contributed by atoms with Gasteiger partial charge in [-0.2, -0.15) is 0 Å². The van der Waals surface area contributed by atoms with Gasteiger partial charge in [0.15, 0.2) is 0 Å². The molecule has 19 heavy (non-hydrogen) atoms. The first-order valence-corrected chi connectivity index (χ1v) is 6.52. The molecule has 1 saturated heterocycles. The highest BCUT2D eigenvalue weighted by Gasteiger charge is 2.38. The van der Waals surface area contributed by atoms with Crippen molar-refractivity contribution in [3.8, 4) is 0 Å². The third-order valence-electron chi connectivity index (χ3n) is 4.00. The van der Waals surface area contributed by atoms with Gasteiger partial charge >= 0.3 is 12.0 Å². The minimum absolute atomic E-state index is 0.0239. The van der Waals surface area contributed by atoms with Gasteiger partial charge in [0.25, 0.3) is 0 Å². The zero-order valence-corrected chi connectivity index (χ0v) is 11.2. The molecule has 1 aliphatic carbocycles. The van der Waals surface area contributed by atoms with Crippen LogP contribution in [0.15, 0.2) is 12.2 Å². The van der Waals surface area contributed by atoms with E-state index in [0.29, 0.717) is 13.0 Å². The van der Waals surface area contributed by atoms with Crippen LogP contribution in [0.1, 0.15) is 26.7 Å².